The van der Waals surface area contributed by atoms with Crippen molar-refractivity contribution >= 4 is 23.5 Å². The van der Waals surface area contributed by atoms with Crippen molar-refractivity contribution in [3.8, 4) is 0 Å². The second-order valence-electron chi connectivity index (χ2n) is 4.15. The van der Waals surface area contributed by atoms with Crippen LogP contribution in [0.2, 0.25) is 0 Å². The van der Waals surface area contributed by atoms with Gasteiger partial charge in [0.1, 0.15) is 0 Å². The number of nitrogen functional groups attached to an aromatic ring is 1. The van der Waals surface area contributed by atoms with Crippen molar-refractivity contribution in [3.05, 3.63) is 29.8 Å². The second-order valence-corrected chi connectivity index (χ2v) is 4.15. The average Bonchev–Trinajstić information content (AvgIpc) is 2.61. The van der Waals surface area contributed by atoms with Crippen LogP contribution in [0.5, 0.6) is 0 Å². The van der Waals surface area contributed by atoms with Gasteiger partial charge in [-0.25, -0.2) is 0 Å². The van der Waals surface area contributed by atoms with E-state index in [2.05, 4.69) is 10.3 Å². The highest BCUT2D eigenvalue weighted by Gasteiger charge is 2.22. The molecule has 1 aromatic carbocycles. The van der Waals surface area contributed by atoms with E-state index in [0.29, 0.717) is 11.6 Å². The lowest BCUT2D eigenvalue weighted by Crippen LogP contribution is -2.28. The molecule has 1 heterocycles. The van der Waals surface area contributed by atoms with Crippen molar-refractivity contribution in [1.82, 2.24) is 10.2 Å². The standard InChI is InChI=1S/C12H14N4O2/c1-16-7-11(18)15-12(16)14-10(17)6-8-2-4-9(13)5-3-8/h2-5H,6-7,13H2,1H3,(H,14,15,17,18). The minimum Gasteiger partial charge on any atom is -0.399 e. The van der Waals surface area contributed by atoms with Crippen LogP contribution in [0.25, 0.3) is 0 Å². The summed E-state index contributed by atoms with van der Waals surface area (Å²) < 4.78 is 0. The molecule has 1 aliphatic heterocycles. The van der Waals surface area contributed by atoms with E-state index in [1.165, 1.54) is 0 Å². The molecule has 3 N–H and O–H groups in total. The summed E-state index contributed by atoms with van der Waals surface area (Å²) >= 11 is 0. The summed E-state index contributed by atoms with van der Waals surface area (Å²) in [7, 11) is 1.70. The van der Waals surface area contributed by atoms with Crippen molar-refractivity contribution in [2.45, 2.75) is 6.42 Å². The molecule has 0 radical (unpaired) electrons. The Kier molecular flexibility index (Phi) is 3.27. The highest BCUT2D eigenvalue weighted by molar-refractivity contribution is 6.07. The van der Waals surface area contributed by atoms with E-state index in [0.717, 1.165) is 5.56 Å². The van der Waals surface area contributed by atoms with Gasteiger partial charge in [-0.1, -0.05) is 12.1 Å². The van der Waals surface area contributed by atoms with Gasteiger partial charge >= 0.3 is 0 Å². The topological polar surface area (TPSA) is 87.8 Å². The minimum atomic E-state index is -0.302. The Balaban J connectivity index is 2.02. The number of guanidine groups is 1. The number of carbonyl (C=O) groups is 2. The van der Waals surface area contributed by atoms with Crippen LogP contribution in [-0.4, -0.2) is 36.3 Å². The van der Waals surface area contributed by atoms with Gasteiger partial charge in [0.2, 0.25) is 11.9 Å². The van der Waals surface area contributed by atoms with Gasteiger partial charge in [-0.15, -0.1) is 0 Å². The summed E-state index contributed by atoms with van der Waals surface area (Å²) in [4.78, 5) is 28.3. The molecule has 0 aromatic heterocycles. The van der Waals surface area contributed by atoms with E-state index in [1.807, 2.05) is 0 Å². The number of hydrogen-bond acceptors (Lipinski definition) is 3. The summed E-state index contributed by atoms with van der Waals surface area (Å²) in [6, 6.07) is 7.03. The molecule has 1 fully saturated rings. The number of carbonyl (C=O) groups excluding carboxylic acids is 2. The van der Waals surface area contributed by atoms with E-state index < -0.39 is 0 Å². The smallest absolute Gasteiger partial charge is 0.253 e. The molecule has 1 aromatic rings. The molecule has 2 amide bonds. The maximum Gasteiger partial charge on any atom is 0.253 e. The van der Waals surface area contributed by atoms with Crippen LogP contribution in [0.1, 0.15) is 5.56 Å². The Bertz CT molecular complexity index is 507. The number of nitrogens with zero attached hydrogens (tertiary/aromatic N) is 2. The number of likely N-dealkylation sites (N-methyl/N-ethyl adjacent to an activating group) is 1. The monoisotopic (exact) mass is 246 g/mol. The molecule has 0 aliphatic carbocycles. The molecule has 1 saturated heterocycles. The van der Waals surface area contributed by atoms with E-state index in [-0.39, 0.29) is 24.8 Å². The van der Waals surface area contributed by atoms with Gasteiger partial charge in [-0.2, -0.15) is 4.99 Å². The van der Waals surface area contributed by atoms with Crippen LogP contribution in [0.15, 0.2) is 29.3 Å². The lowest BCUT2D eigenvalue weighted by Gasteiger charge is -2.07. The zero-order chi connectivity index (χ0) is 13.1. The van der Waals surface area contributed by atoms with Crippen molar-refractivity contribution in [2.24, 2.45) is 4.99 Å². The van der Waals surface area contributed by atoms with Crippen molar-refractivity contribution in [3.63, 3.8) is 0 Å². The van der Waals surface area contributed by atoms with Gasteiger partial charge in [0.05, 0.1) is 13.0 Å². The zero-order valence-corrected chi connectivity index (χ0v) is 10.0. The molecule has 0 bridgehead atoms. The van der Waals surface area contributed by atoms with E-state index in [4.69, 9.17) is 5.73 Å². The third-order valence-corrected chi connectivity index (χ3v) is 2.56. The normalized spacial score (nSPS) is 17.1. The Morgan fingerprint density at radius 2 is 2.11 bits per heavy atom. The van der Waals surface area contributed by atoms with Crippen molar-refractivity contribution in [2.75, 3.05) is 19.3 Å². The molecule has 1 aliphatic rings. The number of hydrogen-bond donors (Lipinski definition) is 2. The number of amides is 2. The highest BCUT2D eigenvalue weighted by Crippen LogP contribution is 2.07. The Morgan fingerprint density at radius 1 is 1.44 bits per heavy atom. The lowest BCUT2D eigenvalue weighted by atomic mass is 10.1. The maximum atomic E-state index is 11.7. The zero-order valence-electron chi connectivity index (χ0n) is 10.0. The van der Waals surface area contributed by atoms with Gasteiger partial charge in [-0.05, 0) is 17.7 Å². The lowest BCUT2D eigenvalue weighted by molar-refractivity contribution is -0.118. The predicted octanol–water partition coefficient (Wildman–Crippen LogP) is -0.244. The van der Waals surface area contributed by atoms with Crippen LogP contribution in [-0.2, 0) is 16.0 Å². The Morgan fingerprint density at radius 3 is 2.67 bits per heavy atom. The Hall–Kier alpha value is -2.37. The molecule has 18 heavy (non-hydrogen) atoms. The fourth-order valence-electron chi connectivity index (χ4n) is 1.63. The van der Waals surface area contributed by atoms with Crippen molar-refractivity contribution < 1.29 is 9.59 Å². The summed E-state index contributed by atoms with van der Waals surface area (Å²) in [5, 5.41) is 2.53. The van der Waals surface area contributed by atoms with Crippen LogP contribution in [0.3, 0.4) is 0 Å². The maximum absolute atomic E-state index is 11.7. The first-order valence-corrected chi connectivity index (χ1v) is 5.51. The quantitative estimate of drug-likeness (QED) is 0.705. The number of nitrogens with two attached hydrogens (primary N) is 1. The molecule has 0 atom stereocenters. The summed E-state index contributed by atoms with van der Waals surface area (Å²) in [5.41, 5.74) is 7.05. The number of rotatable bonds is 2. The van der Waals surface area contributed by atoms with E-state index >= 15 is 0 Å². The summed E-state index contributed by atoms with van der Waals surface area (Å²) in [6.45, 7) is 0.230. The fraction of sp³-hybridized carbons (Fsp3) is 0.250. The van der Waals surface area contributed by atoms with Crippen LogP contribution >= 0.6 is 0 Å². The van der Waals surface area contributed by atoms with Crippen molar-refractivity contribution in [1.29, 1.82) is 0 Å². The van der Waals surface area contributed by atoms with Gasteiger partial charge in [0.25, 0.3) is 5.91 Å². The van der Waals surface area contributed by atoms with Gasteiger partial charge in [-0.3, -0.25) is 14.9 Å². The third-order valence-electron chi connectivity index (χ3n) is 2.56. The molecule has 0 unspecified atom stereocenters. The number of anilines is 1. The number of benzene rings is 1. The fourth-order valence-corrected chi connectivity index (χ4v) is 1.63. The van der Waals surface area contributed by atoms with Crippen LogP contribution in [0.4, 0.5) is 5.69 Å². The first-order chi connectivity index (χ1) is 8.54. The number of aliphatic imine (C=N–C) groups is 1. The third kappa shape index (κ3) is 2.85. The summed E-state index contributed by atoms with van der Waals surface area (Å²) in [5.74, 6) is -0.152. The minimum absolute atomic E-state index is 0.156. The molecule has 6 nitrogen and oxygen atoms in total. The second kappa shape index (κ2) is 4.87. The average molecular weight is 246 g/mol. The number of nitrogens with one attached hydrogen (secondary N) is 1. The van der Waals surface area contributed by atoms with E-state index in [9.17, 15) is 9.59 Å². The highest BCUT2D eigenvalue weighted by atomic mass is 16.2. The molecule has 0 spiro atoms. The van der Waals surface area contributed by atoms with Gasteiger partial charge < -0.3 is 10.6 Å². The van der Waals surface area contributed by atoms with Crippen LogP contribution in [0, 0.1) is 0 Å². The predicted molar refractivity (Wildman–Crippen MR) is 67.8 cm³/mol. The van der Waals surface area contributed by atoms with Gasteiger partial charge in [0, 0.05) is 12.7 Å². The van der Waals surface area contributed by atoms with Gasteiger partial charge in [0.15, 0.2) is 0 Å². The summed E-state index contributed by atoms with van der Waals surface area (Å²) in [6.07, 6.45) is 0.188. The van der Waals surface area contributed by atoms with E-state index in [1.54, 1.807) is 36.2 Å². The first-order valence-electron chi connectivity index (χ1n) is 5.51. The molecule has 94 valence electrons. The molecule has 6 heteroatoms. The molecule has 2 rings (SSSR count). The first kappa shape index (κ1) is 12.1. The molecular weight excluding hydrogens is 232 g/mol. The van der Waals surface area contributed by atoms with Crippen LogP contribution < -0.4 is 11.1 Å². The Labute approximate surface area is 104 Å². The largest absolute Gasteiger partial charge is 0.399 e. The molecule has 0 saturated carbocycles. The SMILES string of the molecule is CN1CC(=O)NC1=NC(=O)Cc1ccc(N)cc1. The molecular formula is C12H14N4O2.